The Labute approximate surface area is 126 Å². The fourth-order valence-corrected chi connectivity index (χ4v) is 2.92. The highest BCUT2D eigenvalue weighted by atomic mass is 32.2. The van der Waals surface area contributed by atoms with Crippen LogP contribution in [0.1, 0.15) is 18.0 Å². The number of rotatable bonds is 6. The van der Waals surface area contributed by atoms with E-state index in [1.165, 1.54) is 7.11 Å². The van der Waals surface area contributed by atoms with Gasteiger partial charge in [-0.15, -0.1) is 0 Å². The minimum Gasteiger partial charge on any atom is -0.469 e. The second kappa shape index (κ2) is 7.71. The Morgan fingerprint density at radius 3 is 2.24 bits per heavy atom. The molecule has 2 aromatic rings. The maximum Gasteiger partial charge on any atom is 0.307 e. The molecule has 0 heterocycles. The van der Waals surface area contributed by atoms with Crippen LogP contribution in [0, 0.1) is 0 Å². The summed E-state index contributed by atoms with van der Waals surface area (Å²) in [6.45, 7) is 0. The SMILES string of the molecule is COC(=O)C[C@H](N[S@](=O)c1ccccc1)c1ccccc1. The lowest BCUT2D eigenvalue weighted by Crippen LogP contribution is -2.26. The quantitative estimate of drug-likeness (QED) is 0.835. The summed E-state index contributed by atoms with van der Waals surface area (Å²) >= 11 is 0. The van der Waals surface area contributed by atoms with Crippen LogP contribution in [0.15, 0.2) is 65.6 Å². The first-order chi connectivity index (χ1) is 10.2. The van der Waals surface area contributed by atoms with E-state index >= 15 is 0 Å². The summed E-state index contributed by atoms with van der Waals surface area (Å²) in [7, 11) is -0.0444. The van der Waals surface area contributed by atoms with E-state index in [9.17, 15) is 9.00 Å². The van der Waals surface area contributed by atoms with Gasteiger partial charge in [0.2, 0.25) is 0 Å². The van der Waals surface area contributed by atoms with Crippen molar-refractivity contribution in [3.8, 4) is 0 Å². The fourth-order valence-electron chi connectivity index (χ4n) is 1.90. The molecule has 2 aromatic carbocycles. The zero-order valence-corrected chi connectivity index (χ0v) is 12.5. The number of ether oxygens (including phenoxy) is 1. The molecule has 0 spiro atoms. The van der Waals surface area contributed by atoms with Crippen molar-refractivity contribution >= 4 is 17.0 Å². The van der Waals surface area contributed by atoms with Gasteiger partial charge >= 0.3 is 5.97 Å². The normalized spacial score (nSPS) is 13.4. The number of hydrogen-bond donors (Lipinski definition) is 1. The van der Waals surface area contributed by atoms with Crippen LogP contribution in [0.25, 0.3) is 0 Å². The van der Waals surface area contributed by atoms with Crippen LogP contribution in [0.4, 0.5) is 0 Å². The lowest BCUT2D eigenvalue weighted by Gasteiger charge is -2.17. The molecule has 0 aliphatic rings. The molecular weight excluding hydrogens is 286 g/mol. The molecule has 0 bridgehead atoms. The second-order valence-electron chi connectivity index (χ2n) is 4.44. The number of hydrogen-bond acceptors (Lipinski definition) is 3. The highest BCUT2D eigenvalue weighted by Crippen LogP contribution is 2.19. The molecule has 0 radical (unpaired) electrons. The third kappa shape index (κ3) is 4.51. The van der Waals surface area contributed by atoms with E-state index in [1.807, 2.05) is 48.5 Å². The highest BCUT2D eigenvalue weighted by molar-refractivity contribution is 7.83. The Bertz CT molecular complexity index is 601. The Morgan fingerprint density at radius 2 is 1.67 bits per heavy atom. The highest BCUT2D eigenvalue weighted by Gasteiger charge is 2.19. The molecule has 0 aliphatic heterocycles. The van der Waals surface area contributed by atoms with Gasteiger partial charge in [0.05, 0.1) is 24.5 Å². The van der Waals surface area contributed by atoms with E-state index in [4.69, 9.17) is 4.74 Å². The van der Waals surface area contributed by atoms with Crippen molar-refractivity contribution in [2.75, 3.05) is 7.11 Å². The molecule has 0 aliphatic carbocycles. The first kappa shape index (κ1) is 15.4. The Kier molecular flexibility index (Phi) is 5.66. The predicted molar refractivity (Wildman–Crippen MR) is 81.8 cm³/mol. The minimum atomic E-state index is -1.39. The third-order valence-corrected chi connectivity index (χ3v) is 4.21. The summed E-state index contributed by atoms with van der Waals surface area (Å²) in [4.78, 5) is 12.2. The minimum absolute atomic E-state index is 0.124. The summed E-state index contributed by atoms with van der Waals surface area (Å²) in [6, 6.07) is 18.2. The molecule has 0 saturated heterocycles. The largest absolute Gasteiger partial charge is 0.469 e. The summed E-state index contributed by atoms with van der Waals surface area (Å²) in [5, 5.41) is 0. The average Bonchev–Trinajstić information content (AvgIpc) is 2.55. The smallest absolute Gasteiger partial charge is 0.307 e. The number of nitrogens with one attached hydrogen (secondary N) is 1. The van der Waals surface area contributed by atoms with Gasteiger partial charge in [-0.3, -0.25) is 4.79 Å². The lowest BCUT2D eigenvalue weighted by molar-refractivity contribution is -0.141. The van der Waals surface area contributed by atoms with Crippen molar-refractivity contribution in [1.82, 2.24) is 4.72 Å². The molecule has 0 saturated carbocycles. The van der Waals surface area contributed by atoms with Crippen molar-refractivity contribution in [3.63, 3.8) is 0 Å². The molecule has 2 atom stereocenters. The van der Waals surface area contributed by atoms with Crippen LogP contribution in [0.2, 0.25) is 0 Å². The fraction of sp³-hybridized carbons (Fsp3) is 0.188. The van der Waals surface area contributed by atoms with Crippen LogP contribution in [0.5, 0.6) is 0 Å². The van der Waals surface area contributed by atoms with E-state index in [1.54, 1.807) is 12.1 Å². The van der Waals surface area contributed by atoms with Crippen molar-refractivity contribution in [1.29, 1.82) is 0 Å². The van der Waals surface area contributed by atoms with E-state index in [0.29, 0.717) is 4.90 Å². The van der Waals surface area contributed by atoms with Crippen molar-refractivity contribution in [2.45, 2.75) is 17.4 Å². The summed E-state index contributed by atoms with van der Waals surface area (Å²) in [6.07, 6.45) is 0.124. The first-order valence-electron chi connectivity index (χ1n) is 6.55. The molecule has 1 N–H and O–H groups in total. The Hall–Kier alpha value is -1.98. The molecule has 2 rings (SSSR count). The van der Waals surface area contributed by atoms with E-state index in [2.05, 4.69) is 4.72 Å². The van der Waals surface area contributed by atoms with Gasteiger partial charge in [0.25, 0.3) is 0 Å². The van der Waals surface area contributed by atoms with Gasteiger partial charge < -0.3 is 4.74 Å². The predicted octanol–water partition coefficient (Wildman–Crippen LogP) is 2.60. The molecule has 21 heavy (non-hydrogen) atoms. The Balaban J connectivity index is 2.16. The molecule has 5 heteroatoms. The number of methoxy groups -OCH3 is 1. The first-order valence-corrected chi connectivity index (χ1v) is 7.70. The monoisotopic (exact) mass is 303 g/mol. The van der Waals surface area contributed by atoms with Crippen molar-refractivity contribution in [2.24, 2.45) is 0 Å². The van der Waals surface area contributed by atoms with Crippen molar-refractivity contribution in [3.05, 3.63) is 66.2 Å². The second-order valence-corrected chi connectivity index (χ2v) is 5.69. The average molecular weight is 303 g/mol. The van der Waals surface area contributed by atoms with Gasteiger partial charge in [0, 0.05) is 0 Å². The number of carbonyl (C=O) groups excluding carboxylic acids is 1. The van der Waals surface area contributed by atoms with Crippen molar-refractivity contribution < 1.29 is 13.7 Å². The van der Waals surface area contributed by atoms with Crippen LogP contribution >= 0.6 is 0 Å². The molecular formula is C16H17NO3S. The summed E-state index contributed by atoms with van der Waals surface area (Å²) in [5.74, 6) is -0.346. The molecule has 0 aromatic heterocycles. The van der Waals surface area contributed by atoms with Gasteiger partial charge in [-0.2, -0.15) is 0 Å². The number of carbonyl (C=O) groups is 1. The van der Waals surface area contributed by atoms with E-state index in [0.717, 1.165) is 5.56 Å². The maximum atomic E-state index is 12.3. The van der Waals surface area contributed by atoms with Gasteiger partial charge in [0.15, 0.2) is 0 Å². The molecule has 0 fully saturated rings. The Morgan fingerprint density at radius 1 is 1.10 bits per heavy atom. The third-order valence-electron chi connectivity index (χ3n) is 3.01. The van der Waals surface area contributed by atoms with E-state index < -0.39 is 11.0 Å². The van der Waals surface area contributed by atoms with Crippen LogP contribution < -0.4 is 4.72 Å². The zero-order valence-electron chi connectivity index (χ0n) is 11.7. The molecule has 0 amide bonds. The number of esters is 1. The molecule has 0 unspecified atom stereocenters. The van der Waals surface area contributed by atoms with Crippen LogP contribution in [0.3, 0.4) is 0 Å². The van der Waals surface area contributed by atoms with E-state index in [-0.39, 0.29) is 18.4 Å². The van der Waals surface area contributed by atoms with Gasteiger partial charge in [-0.1, -0.05) is 48.5 Å². The topological polar surface area (TPSA) is 55.4 Å². The molecule has 110 valence electrons. The van der Waals surface area contributed by atoms with Gasteiger partial charge in [-0.05, 0) is 17.7 Å². The molecule has 4 nitrogen and oxygen atoms in total. The van der Waals surface area contributed by atoms with Gasteiger partial charge in [0.1, 0.15) is 11.0 Å². The van der Waals surface area contributed by atoms with Crippen LogP contribution in [-0.2, 0) is 20.5 Å². The summed E-state index contributed by atoms with van der Waals surface area (Å²) in [5.41, 5.74) is 0.896. The number of benzene rings is 2. The lowest BCUT2D eigenvalue weighted by atomic mass is 10.1. The maximum absolute atomic E-state index is 12.3. The standard InChI is InChI=1S/C16H17NO3S/c1-20-16(18)12-15(13-8-4-2-5-9-13)17-21(19)14-10-6-3-7-11-14/h2-11,15,17H,12H2,1H3/t15-,21+/m0/s1. The van der Waals surface area contributed by atoms with Crippen LogP contribution in [-0.4, -0.2) is 17.3 Å². The summed E-state index contributed by atoms with van der Waals surface area (Å²) < 4.78 is 20.0. The van der Waals surface area contributed by atoms with Gasteiger partial charge in [-0.25, -0.2) is 8.93 Å². The zero-order chi connectivity index (χ0) is 15.1.